The van der Waals surface area contributed by atoms with Crippen LogP contribution in [0.2, 0.25) is 0 Å². The Morgan fingerprint density at radius 2 is 1.74 bits per heavy atom. The number of amidine groups is 1. The molecule has 0 aliphatic carbocycles. The highest BCUT2D eigenvalue weighted by Gasteiger charge is 2.32. The van der Waals surface area contributed by atoms with Crippen LogP contribution in [-0.4, -0.2) is 22.2 Å². The number of nitrogens with zero attached hydrogens (tertiary/aromatic N) is 1. The topological polar surface area (TPSA) is 70.6 Å². The van der Waals surface area contributed by atoms with Crippen molar-refractivity contribution in [1.82, 2.24) is 5.32 Å². The molecule has 5 nitrogen and oxygen atoms in total. The maximum absolute atomic E-state index is 12.6. The van der Waals surface area contributed by atoms with Gasteiger partial charge in [-0.25, -0.2) is 4.99 Å². The Morgan fingerprint density at radius 3 is 2.37 bits per heavy atom. The van der Waals surface area contributed by atoms with Crippen LogP contribution in [0.4, 0.5) is 11.4 Å². The van der Waals surface area contributed by atoms with E-state index in [2.05, 4.69) is 29.5 Å². The lowest BCUT2D eigenvalue weighted by molar-refractivity contribution is -0.122. The van der Waals surface area contributed by atoms with Crippen LogP contribution >= 0.6 is 11.8 Å². The Kier molecular flexibility index (Phi) is 6.29. The van der Waals surface area contributed by atoms with Gasteiger partial charge in [-0.05, 0) is 36.1 Å². The van der Waals surface area contributed by atoms with Gasteiger partial charge >= 0.3 is 0 Å². The third kappa shape index (κ3) is 4.77. The Morgan fingerprint density at radius 1 is 1.07 bits per heavy atom. The number of carbonyl (C=O) groups excluding carboxylic acids is 2. The zero-order valence-corrected chi connectivity index (χ0v) is 16.3. The fraction of sp³-hybridized carbons (Fsp3) is 0.286. The molecule has 1 fully saturated rings. The van der Waals surface area contributed by atoms with Gasteiger partial charge in [-0.3, -0.25) is 9.59 Å². The second kappa shape index (κ2) is 8.86. The lowest BCUT2D eigenvalue weighted by atomic mass is 10.0. The normalized spacial score (nSPS) is 17.8. The molecule has 0 bridgehead atoms. The van der Waals surface area contributed by atoms with Crippen LogP contribution < -0.4 is 10.6 Å². The summed E-state index contributed by atoms with van der Waals surface area (Å²) in [5.41, 5.74) is 3.87. The van der Waals surface area contributed by atoms with Crippen LogP contribution in [0.15, 0.2) is 53.5 Å². The largest absolute Gasteiger partial charge is 0.326 e. The quantitative estimate of drug-likeness (QED) is 0.793. The van der Waals surface area contributed by atoms with E-state index in [1.165, 1.54) is 11.8 Å². The molecule has 2 amide bonds. The van der Waals surface area contributed by atoms with Crippen LogP contribution in [0.5, 0.6) is 0 Å². The van der Waals surface area contributed by atoms with Crippen molar-refractivity contribution in [3.8, 4) is 0 Å². The molecule has 0 unspecified atom stereocenters. The fourth-order valence-corrected chi connectivity index (χ4v) is 3.96. The number of aliphatic imine (C=N–C) groups is 1. The van der Waals surface area contributed by atoms with Gasteiger partial charge < -0.3 is 10.6 Å². The number of amides is 2. The monoisotopic (exact) mass is 381 g/mol. The molecule has 2 aromatic rings. The first kappa shape index (κ1) is 19.2. The molecule has 0 aromatic heterocycles. The Bertz CT molecular complexity index is 843. The number of hydrogen-bond donors (Lipinski definition) is 2. The standard InChI is InChI=1S/C21H23N3O2S/c1-3-14-9-8-10-15(4-2)19(14)23-18(25)13-17-20(26)24-21(27-17)22-16-11-6-5-7-12-16/h5-12,17H,3-4,13H2,1-2H3,(H,23,25)(H,22,24,26)/t17-/m1/s1. The number of anilines is 1. The lowest BCUT2D eigenvalue weighted by Gasteiger charge is -2.15. The number of hydrogen-bond acceptors (Lipinski definition) is 4. The highest BCUT2D eigenvalue weighted by molar-refractivity contribution is 8.15. The van der Waals surface area contributed by atoms with Crippen LogP contribution in [0, 0.1) is 0 Å². The third-order valence-electron chi connectivity index (χ3n) is 4.40. The molecule has 6 heteroatoms. The van der Waals surface area contributed by atoms with E-state index in [1.807, 2.05) is 48.5 Å². The average Bonchev–Trinajstić information content (AvgIpc) is 3.01. The Labute approximate surface area is 163 Å². The molecule has 3 rings (SSSR count). The molecule has 140 valence electrons. The zero-order valence-electron chi connectivity index (χ0n) is 15.5. The number of carbonyl (C=O) groups is 2. The van der Waals surface area contributed by atoms with Gasteiger partial charge in [-0.2, -0.15) is 0 Å². The molecule has 1 aliphatic heterocycles. The summed E-state index contributed by atoms with van der Waals surface area (Å²) in [6, 6.07) is 15.5. The summed E-state index contributed by atoms with van der Waals surface area (Å²) in [4.78, 5) is 29.2. The van der Waals surface area contributed by atoms with E-state index in [0.717, 1.165) is 35.3 Å². The average molecular weight is 382 g/mol. The van der Waals surface area contributed by atoms with Crippen molar-refractivity contribution >= 4 is 40.1 Å². The molecule has 0 saturated carbocycles. The van der Waals surface area contributed by atoms with E-state index >= 15 is 0 Å². The smallest absolute Gasteiger partial charge is 0.240 e. The van der Waals surface area contributed by atoms with Gasteiger partial charge in [0.1, 0.15) is 5.25 Å². The zero-order chi connectivity index (χ0) is 19.2. The molecule has 1 heterocycles. The first-order valence-corrected chi connectivity index (χ1v) is 10.0. The second-order valence-electron chi connectivity index (χ2n) is 6.26. The molecule has 1 aliphatic rings. The van der Waals surface area contributed by atoms with Gasteiger partial charge in [0.2, 0.25) is 11.8 Å². The SMILES string of the molecule is CCc1cccc(CC)c1NC(=O)C[C@H]1SC(=Nc2ccccc2)NC1=O. The first-order valence-electron chi connectivity index (χ1n) is 9.12. The highest BCUT2D eigenvalue weighted by atomic mass is 32.2. The van der Waals surface area contributed by atoms with Crippen molar-refractivity contribution in [2.75, 3.05) is 5.32 Å². The predicted octanol–water partition coefficient (Wildman–Crippen LogP) is 4.06. The number of thioether (sulfide) groups is 1. The van der Waals surface area contributed by atoms with E-state index < -0.39 is 5.25 Å². The lowest BCUT2D eigenvalue weighted by Crippen LogP contribution is -2.28. The number of nitrogens with one attached hydrogen (secondary N) is 2. The molecule has 27 heavy (non-hydrogen) atoms. The predicted molar refractivity (Wildman–Crippen MR) is 112 cm³/mol. The van der Waals surface area contributed by atoms with Gasteiger partial charge in [-0.1, -0.05) is 62.0 Å². The van der Waals surface area contributed by atoms with Crippen LogP contribution in [0.3, 0.4) is 0 Å². The van der Waals surface area contributed by atoms with Crippen LogP contribution in [-0.2, 0) is 22.4 Å². The van der Waals surface area contributed by atoms with E-state index in [-0.39, 0.29) is 18.2 Å². The van der Waals surface area contributed by atoms with Gasteiger partial charge in [0.15, 0.2) is 5.17 Å². The van der Waals surface area contributed by atoms with Crippen molar-refractivity contribution in [1.29, 1.82) is 0 Å². The van der Waals surface area contributed by atoms with E-state index in [4.69, 9.17) is 0 Å². The van der Waals surface area contributed by atoms with Gasteiger partial charge in [-0.15, -0.1) is 0 Å². The van der Waals surface area contributed by atoms with Crippen molar-refractivity contribution < 1.29 is 9.59 Å². The number of rotatable bonds is 6. The molecule has 2 N–H and O–H groups in total. The van der Waals surface area contributed by atoms with Crippen LogP contribution in [0.1, 0.15) is 31.4 Å². The minimum atomic E-state index is -0.466. The van der Waals surface area contributed by atoms with E-state index in [1.54, 1.807) is 0 Å². The summed E-state index contributed by atoms with van der Waals surface area (Å²) in [7, 11) is 0. The molecule has 2 aromatic carbocycles. The maximum Gasteiger partial charge on any atom is 0.240 e. The van der Waals surface area contributed by atoms with E-state index in [9.17, 15) is 9.59 Å². The van der Waals surface area contributed by atoms with Crippen LogP contribution in [0.25, 0.3) is 0 Å². The summed E-state index contributed by atoms with van der Waals surface area (Å²) < 4.78 is 0. The molecular formula is C21H23N3O2S. The summed E-state index contributed by atoms with van der Waals surface area (Å²) in [6.45, 7) is 4.13. The summed E-state index contributed by atoms with van der Waals surface area (Å²) in [5, 5.41) is 5.85. The van der Waals surface area contributed by atoms with Gasteiger partial charge in [0.25, 0.3) is 0 Å². The molecule has 0 radical (unpaired) electrons. The van der Waals surface area contributed by atoms with Crippen molar-refractivity contribution in [2.24, 2.45) is 4.99 Å². The Balaban J connectivity index is 1.67. The molecular weight excluding hydrogens is 358 g/mol. The summed E-state index contributed by atoms with van der Waals surface area (Å²) in [5.74, 6) is -0.330. The van der Waals surface area contributed by atoms with Crippen molar-refractivity contribution in [2.45, 2.75) is 38.4 Å². The molecule has 1 atom stereocenters. The third-order valence-corrected chi connectivity index (χ3v) is 5.48. The van der Waals surface area contributed by atoms with Gasteiger partial charge in [0, 0.05) is 12.1 Å². The molecule has 1 saturated heterocycles. The highest BCUT2D eigenvalue weighted by Crippen LogP contribution is 2.27. The molecule has 0 spiro atoms. The van der Waals surface area contributed by atoms with Crippen molar-refractivity contribution in [3.63, 3.8) is 0 Å². The number of benzene rings is 2. The van der Waals surface area contributed by atoms with Crippen molar-refractivity contribution in [3.05, 3.63) is 59.7 Å². The van der Waals surface area contributed by atoms with Gasteiger partial charge in [0.05, 0.1) is 5.69 Å². The fourth-order valence-electron chi connectivity index (χ4n) is 2.97. The Hall–Kier alpha value is -2.60. The number of para-hydroxylation sites is 2. The summed E-state index contributed by atoms with van der Waals surface area (Å²) >= 11 is 1.30. The first-order chi connectivity index (χ1) is 13.1. The minimum Gasteiger partial charge on any atom is -0.326 e. The second-order valence-corrected chi connectivity index (χ2v) is 7.45. The minimum absolute atomic E-state index is 0.117. The maximum atomic E-state index is 12.6. The van der Waals surface area contributed by atoms with E-state index in [0.29, 0.717) is 5.17 Å². The summed E-state index contributed by atoms with van der Waals surface area (Å²) in [6.07, 6.45) is 1.80. The number of aryl methyl sites for hydroxylation is 2.